The molecule has 0 aromatic rings. The Hall–Kier alpha value is -1.18. The average Bonchev–Trinajstić information content (AvgIpc) is 2.42. The first-order valence-electron chi connectivity index (χ1n) is 5.00. The molecule has 1 rings (SSSR count). The smallest absolute Gasteiger partial charge is 0.163 e. The maximum Gasteiger partial charge on any atom is 0.163 e. The highest BCUT2D eigenvalue weighted by Gasteiger charge is 2.16. The van der Waals surface area contributed by atoms with Crippen LogP contribution in [0.1, 0.15) is 39.5 Å². The molecule has 0 aromatic carbocycles. The molecule has 0 bridgehead atoms. The lowest BCUT2D eigenvalue weighted by atomic mass is 10.1. The third-order valence-corrected chi connectivity index (χ3v) is 2.43. The van der Waals surface area contributed by atoms with Crippen molar-refractivity contribution < 1.29 is 9.59 Å². The molecule has 2 nitrogen and oxygen atoms in total. The molecular weight excluding hydrogens is 176 g/mol. The number of rotatable bonds is 4. The lowest BCUT2D eigenvalue weighted by Gasteiger charge is -1.93. The Bertz CT molecular complexity index is 308. The second-order valence-electron chi connectivity index (χ2n) is 3.76. The van der Waals surface area contributed by atoms with Crippen molar-refractivity contribution in [2.75, 3.05) is 0 Å². The van der Waals surface area contributed by atoms with Crippen LogP contribution in [0, 0.1) is 0 Å². The first-order chi connectivity index (χ1) is 6.61. The van der Waals surface area contributed by atoms with Crippen LogP contribution in [0.15, 0.2) is 23.3 Å². The van der Waals surface area contributed by atoms with E-state index < -0.39 is 0 Å². The van der Waals surface area contributed by atoms with Crippen LogP contribution >= 0.6 is 0 Å². The van der Waals surface area contributed by atoms with E-state index in [0.717, 1.165) is 18.4 Å². The Morgan fingerprint density at radius 3 is 2.64 bits per heavy atom. The van der Waals surface area contributed by atoms with E-state index in [9.17, 15) is 9.59 Å². The van der Waals surface area contributed by atoms with E-state index in [-0.39, 0.29) is 11.6 Å². The highest BCUT2D eigenvalue weighted by molar-refractivity contribution is 6.01. The Labute approximate surface area is 84.7 Å². The first kappa shape index (κ1) is 10.9. The number of hydrogen-bond acceptors (Lipinski definition) is 2. The third kappa shape index (κ3) is 2.95. The monoisotopic (exact) mass is 192 g/mol. The molecule has 0 spiro atoms. The summed E-state index contributed by atoms with van der Waals surface area (Å²) in [6.45, 7) is 3.58. The van der Waals surface area contributed by atoms with E-state index in [1.54, 1.807) is 6.92 Å². The van der Waals surface area contributed by atoms with Gasteiger partial charge in [-0.3, -0.25) is 4.79 Å². The molecule has 0 radical (unpaired) electrons. The van der Waals surface area contributed by atoms with Crippen molar-refractivity contribution in [2.45, 2.75) is 39.5 Å². The summed E-state index contributed by atoms with van der Waals surface area (Å²) in [5.41, 5.74) is 2.03. The molecule has 1 aliphatic carbocycles. The Kier molecular flexibility index (Phi) is 3.81. The second kappa shape index (κ2) is 4.89. The fraction of sp³-hybridized carbons (Fsp3) is 0.500. The molecule has 0 aromatic heterocycles. The summed E-state index contributed by atoms with van der Waals surface area (Å²) in [5.74, 6) is 0.430. The van der Waals surface area contributed by atoms with Gasteiger partial charge in [-0.05, 0) is 26.7 Å². The van der Waals surface area contributed by atoms with Gasteiger partial charge in [-0.1, -0.05) is 17.7 Å². The van der Waals surface area contributed by atoms with Crippen LogP contribution in [0.4, 0.5) is 0 Å². The van der Waals surface area contributed by atoms with Crippen molar-refractivity contribution >= 4 is 11.6 Å². The maximum atomic E-state index is 11.3. The summed E-state index contributed by atoms with van der Waals surface area (Å²) in [6.07, 6.45) is 6.64. The van der Waals surface area contributed by atoms with Gasteiger partial charge in [-0.2, -0.15) is 0 Å². The fourth-order valence-corrected chi connectivity index (χ4v) is 1.53. The molecule has 0 unspecified atom stereocenters. The zero-order valence-corrected chi connectivity index (χ0v) is 8.80. The topological polar surface area (TPSA) is 34.1 Å². The van der Waals surface area contributed by atoms with Crippen LogP contribution in [0.25, 0.3) is 0 Å². The largest absolute Gasteiger partial charge is 0.300 e. The SMILES string of the molecule is CC(=O)CC/C=C\C1=C(C)CCC1=O. The molecule has 0 fully saturated rings. The van der Waals surface area contributed by atoms with Crippen LogP contribution in [0.5, 0.6) is 0 Å². The van der Waals surface area contributed by atoms with Crippen LogP contribution in [-0.2, 0) is 9.59 Å². The van der Waals surface area contributed by atoms with E-state index in [1.165, 1.54) is 5.57 Å². The third-order valence-electron chi connectivity index (χ3n) is 2.43. The van der Waals surface area contributed by atoms with Gasteiger partial charge in [-0.25, -0.2) is 0 Å². The first-order valence-corrected chi connectivity index (χ1v) is 5.00. The Morgan fingerprint density at radius 2 is 2.14 bits per heavy atom. The zero-order valence-electron chi connectivity index (χ0n) is 8.80. The quantitative estimate of drug-likeness (QED) is 0.686. The van der Waals surface area contributed by atoms with Crippen molar-refractivity contribution in [3.63, 3.8) is 0 Å². The molecule has 0 atom stereocenters. The van der Waals surface area contributed by atoms with Gasteiger partial charge in [0.05, 0.1) is 0 Å². The Morgan fingerprint density at radius 1 is 1.43 bits per heavy atom. The summed E-state index contributed by atoms with van der Waals surface area (Å²) >= 11 is 0. The number of hydrogen-bond donors (Lipinski definition) is 0. The lowest BCUT2D eigenvalue weighted by molar-refractivity contribution is -0.117. The van der Waals surface area contributed by atoms with Crippen LogP contribution in [0.2, 0.25) is 0 Å². The molecule has 0 saturated heterocycles. The molecule has 14 heavy (non-hydrogen) atoms. The van der Waals surface area contributed by atoms with Gasteiger partial charge in [0, 0.05) is 18.4 Å². The minimum atomic E-state index is 0.193. The highest BCUT2D eigenvalue weighted by Crippen LogP contribution is 2.23. The number of carbonyl (C=O) groups excluding carboxylic acids is 2. The second-order valence-corrected chi connectivity index (χ2v) is 3.76. The van der Waals surface area contributed by atoms with Crippen LogP contribution < -0.4 is 0 Å². The number of carbonyl (C=O) groups is 2. The molecular formula is C12H16O2. The summed E-state index contributed by atoms with van der Waals surface area (Å²) in [5, 5.41) is 0. The summed E-state index contributed by atoms with van der Waals surface area (Å²) < 4.78 is 0. The number of ketones is 2. The summed E-state index contributed by atoms with van der Waals surface area (Å²) in [6, 6.07) is 0. The molecule has 1 aliphatic rings. The molecule has 76 valence electrons. The molecule has 0 N–H and O–H groups in total. The van der Waals surface area contributed by atoms with E-state index in [1.807, 2.05) is 19.1 Å². The zero-order chi connectivity index (χ0) is 10.6. The van der Waals surface area contributed by atoms with Crippen molar-refractivity contribution in [3.05, 3.63) is 23.3 Å². The van der Waals surface area contributed by atoms with Crippen molar-refractivity contribution in [1.82, 2.24) is 0 Å². The van der Waals surface area contributed by atoms with Gasteiger partial charge in [0.2, 0.25) is 0 Å². The minimum absolute atomic E-state index is 0.193. The minimum Gasteiger partial charge on any atom is -0.300 e. The normalized spacial score (nSPS) is 17.1. The summed E-state index contributed by atoms with van der Waals surface area (Å²) in [4.78, 5) is 22.0. The van der Waals surface area contributed by atoms with Crippen molar-refractivity contribution in [3.8, 4) is 0 Å². The molecule has 0 saturated carbocycles. The Balaban J connectivity index is 2.47. The van der Waals surface area contributed by atoms with Gasteiger partial charge in [0.15, 0.2) is 5.78 Å². The van der Waals surface area contributed by atoms with Crippen molar-refractivity contribution in [1.29, 1.82) is 0 Å². The van der Waals surface area contributed by atoms with Crippen molar-refractivity contribution in [2.24, 2.45) is 0 Å². The van der Waals surface area contributed by atoms with Gasteiger partial charge in [-0.15, -0.1) is 0 Å². The predicted octanol–water partition coefficient (Wildman–Crippen LogP) is 2.59. The molecule has 2 heteroatoms. The fourth-order valence-electron chi connectivity index (χ4n) is 1.53. The average molecular weight is 192 g/mol. The molecule has 0 aliphatic heterocycles. The molecule has 0 amide bonds. The highest BCUT2D eigenvalue weighted by atomic mass is 16.1. The van der Waals surface area contributed by atoms with E-state index >= 15 is 0 Å². The van der Waals surface area contributed by atoms with Gasteiger partial charge in [0.25, 0.3) is 0 Å². The van der Waals surface area contributed by atoms with E-state index in [0.29, 0.717) is 12.8 Å². The maximum absolute atomic E-state index is 11.3. The number of allylic oxidation sites excluding steroid dienone is 4. The lowest BCUT2D eigenvalue weighted by Crippen LogP contribution is -1.92. The van der Waals surface area contributed by atoms with E-state index in [4.69, 9.17) is 0 Å². The standard InChI is InChI=1S/C12H16O2/c1-9-7-8-12(14)11(9)6-4-3-5-10(2)13/h4,6H,3,5,7-8H2,1-2H3/b6-4-. The molecule has 0 heterocycles. The number of Topliss-reactive ketones (excluding diaryl/α,β-unsaturated/α-hetero) is 2. The van der Waals surface area contributed by atoms with Crippen LogP contribution in [-0.4, -0.2) is 11.6 Å². The predicted molar refractivity (Wildman–Crippen MR) is 56.0 cm³/mol. The van der Waals surface area contributed by atoms with Gasteiger partial charge in [0.1, 0.15) is 5.78 Å². The van der Waals surface area contributed by atoms with Gasteiger partial charge < -0.3 is 4.79 Å². The van der Waals surface area contributed by atoms with E-state index in [2.05, 4.69) is 0 Å². The summed E-state index contributed by atoms with van der Waals surface area (Å²) in [7, 11) is 0. The van der Waals surface area contributed by atoms with Crippen LogP contribution in [0.3, 0.4) is 0 Å². The van der Waals surface area contributed by atoms with Gasteiger partial charge >= 0.3 is 0 Å².